The van der Waals surface area contributed by atoms with Crippen molar-refractivity contribution in [2.45, 2.75) is 27.2 Å². The number of Topliss-reactive ketones (excluding diaryl/α,β-unsaturated/α-hetero) is 1. The molecule has 0 aliphatic carbocycles. The van der Waals surface area contributed by atoms with Crippen LogP contribution in [0.2, 0.25) is 0 Å². The van der Waals surface area contributed by atoms with Gasteiger partial charge in [-0.15, -0.1) is 11.3 Å². The van der Waals surface area contributed by atoms with Crippen LogP contribution in [0.5, 0.6) is 11.5 Å². The molecule has 0 saturated heterocycles. The Morgan fingerprint density at radius 1 is 1.29 bits per heavy atom. The van der Waals surface area contributed by atoms with Crippen LogP contribution in [0.25, 0.3) is 10.6 Å². The predicted octanol–water partition coefficient (Wildman–Crippen LogP) is 3.98. The summed E-state index contributed by atoms with van der Waals surface area (Å²) in [6.45, 7) is 6.10. The quantitative estimate of drug-likeness (QED) is 0.757. The van der Waals surface area contributed by atoms with Crippen molar-refractivity contribution in [3.8, 4) is 22.1 Å². The van der Waals surface area contributed by atoms with E-state index in [0.717, 1.165) is 27.6 Å². The van der Waals surface area contributed by atoms with Crippen molar-refractivity contribution in [2.75, 3.05) is 13.7 Å². The minimum atomic E-state index is 0.0634. The van der Waals surface area contributed by atoms with Crippen molar-refractivity contribution >= 4 is 17.1 Å². The van der Waals surface area contributed by atoms with E-state index in [2.05, 4.69) is 4.98 Å². The molecule has 0 fully saturated rings. The van der Waals surface area contributed by atoms with Crippen LogP contribution in [0.1, 0.15) is 36.1 Å². The monoisotopic (exact) mass is 305 g/mol. The molecule has 0 amide bonds. The summed E-state index contributed by atoms with van der Waals surface area (Å²) in [5.74, 6) is 1.45. The highest BCUT2D eigenvalue weighted by atomic mass is 32.1. The van der Waals surface area contributed by atoms with Crippen LogP contribution in [0.15, 0.2) is 18.2 Å². The van der Waals surface area contributed by atoms with Crippen LogP contribution >= 0.6 is 11.3 Å². The number of methoxy groups -OCH3 is 1. The molecule has 0 aliphatic heterocycles. The summed E-state index contributed by atoms with van der Waals surface area (Å²) in [6.07, 6.45) is 0.750. The highest BCUT2D eigenvalue weighted by molar-refractivity contribution is 7.17. The lowest BCUT2D eigenvalue weighted by Crippen LogP contribution is -1.95. The van der Waals surface area contributed by atoms with E-state index in [0.29, 0.717) is 18.1 Å². The van der Waals surface area contributed by atoms with E-state index in [4.69, 9.17) is 9.47 Å². The average molecular weight is 305 g/mol. The van der Waals surface area contributed by atoms with Crippen molar-refractivity contribution in [3.05, 3.63) is 28.8 Å². The number of aryl methyl sites for hydroxylation is 1. The van der Waals surface area contributed by atoms with Crippen molar-refractivity contribution in [3.63, 3.8) is 0 Å². The van der Waals surface area contributed by atoms with Gasteiger partial charge in [-0.3, -0.25) is 4.79 Å². The van der Waals surface area contributed by atoms with Crippen molar-refractivity contribution in [1.29, 1.82) is 0 Å². The Hall–Kier alpha value is -1.88. The lowest BCUT2D eigenvalue weighted by atomic mass is 10.2. The number of hydrogen-bond donors (Lipinski definition) is 0. The third-order valence-electron chi connectivity index (χ3n) is 3.06. The lowest BCUT2D eigenvalue weighted by Gasteiger charge is -2.09. The van der Waals surface area contributed by atoms with E-state index in [1.807, 2.05) is 32.0 Å². The van der Waals surface area contributed by atoms with E-state index in [-0.39, 0.29) is 5.78 Å². The molecule has 0 bridgehead atoms. The van der Waals surface area contributed by atoms with Gasteiger partial charge in [-0.25, -0.2) is 4.98 Å². The molecule has 1 heterocycles. The summed E-state index contributed by atoms with van der Waals surface area (Å²) in [5.41, 5.74) is 1.79. The number of rotatable bonds is 6. The zero-order valence-corrected chi connectivity index (χ0v) is 13.5. The second-order valence-electron chi connectivity index (χ2n) is 4.50. The number of ketones is 1. The molecule has 0 saturated carbocycles. The molecule has 1 aromatic carbocycles. The van der Waals surface area contributed by atoms with Gasteiger partial charge in [0.1, 0.15) is 5.01 Å². The van der Waals surface area contributed by atoms with E-state index >= 15 is 0 Å². The number of carbonyl (C=O) groups excluding carboxylic acids is 1. The second-order valence-corrected chi connectivity index (χ2v) is 5.50. The molecule has 5 heteroatoms. The Labute approximate surface area is 128 Å². The fraction of sp³-hybridized carbons (Fsp3) is 0.375. The van der Waals surface area contributed by atoms with Gasteiger partial charge < -0.3 is 9.47 Å². The predicted molar refractivity (Wildman–Crippen MR) is 84.7 cm³/mol. The van der Waals surface area contributed by atoms with Crippen LogP contribution in [-0.4, -0.2) is 24.5 Å². The first kappa shape index (κ1) is 15.5. The standard InChI is InChI=1S/C16H19NO3S/c1-5-12-15(10(3)18)21-16(17-12)11-7-8-13(20-6-2)14(9-11)19-4/h7-9H,5-6H2,1-4H3. The maximum absolute atomic E-state index is 11.7. The molecule has 0 atom stereocenters. The summed E-state index contributed by atoms with van der Waals surface area (Å²) < 4.78 is 10.9. The highest BCUT2D eigenvalue weighted by Gasteiger charge is 2.16. The molecular formula is C16H19NO3S. The number of nitrogens with zero attached hydrogens (tertiary/aromatic N) is 1. The van der Waals surface area contributed by atoms with E-state index in [1.54, 1.807) is 14.0 Å². The van der Waals surface area contributed by atoms with Crippen LogP contribution in [0.4, 0.5) is 0 Å². The molecule has 0 N–H and O–H groups in total. The first-order valence-electron chi connectivity index (χ1n) is 6.92. The number of aromatic nitrogens is 1. The number of carbonyl (C=O) groups is 1. The molecule has 4 nitrogen and oxygen atoms in total. The number of ether oxygens (including phenoxy) is 2. The minimum Gasteiger partial charge on any atom is -0.493 e. The molecule has 21 heavy (non-hydrogen) atoms. The lowest BCUT2D eigenvalue weighted by molar-refractivity contribution is 0.102. The third kappa shape index (κ3) is 3.24. The number of hydrogen-bond acceptors (Lipinski definition) is 5. The van der Waals surface area contributed by atoms with Gasteiger partial charge in [0.15, 0.2) is 17.3 Å². The van der Waals surface area contributed by atoms with Gasteiger partial charge in [-0.1, -0.05) is 6.92 Å². The largest absolute Gasteiger partial charge is 0.493 e. The van der Waals surface area contributed by atoms with Crippen LogP contribution in [-0.2, 0) is 6.42 Å². The molecule has 0 aliphatic rings. The second kappa shape index (κ2) is 6.72. The zero-order chi connectivity index (χ0) is 15.4. The maximum Gasteiger partial charge on any atom is 0.171 e. The molecular weight excluding hydrogens is 286 g/mol. The van der Waals surface area contributed by atoms with E-state index < -0.39 is 0 Å². The molecule has 1 aromatic heterocycles. The topological polar surface area (TPSA) is 48.4 Å². The Bertz CT molecular complexity index is 649. The summed E-state index contributed by atoms with van der Waals surface area (Å²) in [6, 6.07) is 5.71. The number of thiazole rings is 1. The van der Waals surface area contributed by atoms with Gasteiger partial charge in [0.05, 0.1) is 24.3 Å². The van der Waals surface area contributed by atoms with Crippen molar-refractivity contribution in [1.82, 2.24) is 4.98 Å². The van der Waals surface area contributed by atoms with Gasteiger partial charge in [0.2, 0.25) is 0 Å². The van der Waals surface area contributed by atoms with Gasteiger partial charge in [0.25, 0.3) is 0 Å². The Balaban J connectivity index is 2.44. The molecule has 112 valence electrons. The van der Waals surface area contributed by atoms with Gasteiger partial charge in [-0.05, 0) is 31.5 Å². The molecule has 0 unspecified atom stereocenters. The van der Waals surface area contributed by atoms with Gasteiger partial charge >= 0.3 is 0 Å². The van der Waals surface area contributed by atoms with E-state index in [9.17, 15) is 4.79 Å². The van der Waals surface area contributed by atoms with Crippen LogP contribution in [0.3, 0.4) is 0 Å². The summed E-state index contributed by atoms with van der Waals surface area (Å²) in [4.78, 5) is 17.0. The molecule has 2 rings (SSSR count). The fourth-order valence-electron chi connectivity index (χ4n) is 2.07. The Kier molecular flexibility index (Phi) is 4.96. The normalized spacial score (nSPS) is 10.5. The van der Waals surface area contributed by atoms with Gasteiger partial charge in [0, 0.05) is 12.5 Å². The van der Waals surface area contributed by atoms with Crippen molar-refractivity contribution in [2.24, 2.45) is 0 Å². The first-order chi connectivity index (χ1) is 10.1. The summed E-state index contributed by atoms with van der Waals surface area (Å²) in [5, 5.41) is 0.832. The molecule has 2 aromatic rings. The number of benzene rings is 1. The maximum atomic E-state index is 11.7. The minimum absolute atomic E-state index is 0.0634. The molecule has 0 spiro atoms. The Morgan fingerprint density at radius 3 is 2.57 bits per heavy atom. The van der Waals surface area contributed by atoms with E-state index in [1.165, 1.54) is 11.3 Å². The average Bonchev–Trinajstić information content (AvgIpc) is 2.92. The van der Waals surface area contributed by atoms with Crippen LogP contribution < -0.4 is 9.47 Å². The smallest absolute Gasteiger partial charge is 0.171 e. The first-order valence-corrected chi connectivity index (χ1v) is 7.74. The Morgan fingerprint density at radius 2 is 2.05 bits per heavy atom. The van der Waals surface area contributed by atoms with Crippen molar-refractivity contribution < 1.29 is 14.3 Å². The van der Waals surface area contributed by atoms with Gasteiger partial charge in [-0.2, -0.15) is 0 Å². The molecule has 0 radical (unpaired) electrons. The van der Waals surface area contributed by atoms with Crippen LogP contribution in [0, 0.1) is 0 Å². The zero-order valence-electron chi connectivity index (χ0n) is 12.7. The SMILES string of the molecule is CCOc1ccc(-c2nc(CC)c(C(C)=O)s2)cc1OC. The highest BCUT2D eigenvalue weighted by Crippen LogP contribution is 2.35. The summed E-state index contributed by atoms with van der Waals surface area (Å²) in [7, 11) is 1.61. The summed E-state index contributed by atoms with van der Waals surface area (Å²) >= 11 is 1.43. The fourth-order valence-corrected chi connectivity index (χ4v) is 3.11. The third-order valence-corrected chi connectivity index (χ3v) is 4.31.